The molecule has 0 amide bonds. The summed E-state index contributed by atoms with van der Waals surface area (Å²) in [7, 11) is 0. The van der Waals surface area contributed by atoms with Crippen LogP contribution in [0.2, 0.25) is 0 Å². The maximum Gasteiger partial charge on any atom is 0.141 e. The Morgan fingerprint density at radius 2 is 1.94 bits per heavy atom. The highest BCUT2D eigenvalue weighted by atomic mass is 127. The maximum atomic E-state index is 5.92. The van der Waals surface area contributed by atoms with Gasteiger partial charge in [-0.25, -0.2) is 9.97 Å². The largest absolute Gasteiger partial charge is 0.383 e. The van der Waals surface area contributed by atoms with Gasteiger partial charge >= 0.3 is 0 Å². The monoisotopic (exact) mass is 357 g/mol. The molecule has 0 bridgehead atoms. The zero-order valence-corrected chi connectivity index (χ0v) is 12.3. The van der Waals surface area contributed by atoms with E-state index in [1.807, 2.05) is 36.6 Å². The third kappa shape index (κ3) is 2.90. The molecule has 5 heteroatoms. The number of benzene rings is 1. The van der Waals surface area contributed by atoms with Crippen molar-refractivity contribution < 1.29 is 0 Å². The van der Waals surface area contributed by atoms with Crippen molar-refractivity contribution in [3.63, 3.8) is 0 Å². The van der Waals surface area contributed by atoms with Crippen LogP contribution < -0.4 is 5.73 Å². The van der Waals surface area contributed by atoms with Gasteiger partial charge in [0.25, 0.3) is 0 Å². The summed E-state index contributed by atoms with van der Waals surface area (Å²) in [6, 6.07) is 10.1. The number of hydrogen-bond donors (Lipinski definition) is 1. The van der Waals surface area contributed by atoms with E-state index in [-0.39, 0.29) is 0 Å². The van der Waals surface area contributed by atoms with Crippen LogP contribution in [0.15, 0.2) is 30.3 Å². The summed E-state index contributed by atoms with van der Waals surface area (Å²) in [6.07, 6.45) is 2.03. The third-order valence-corrected chi connectivity index (χ3v) is 3.85. The van der Waals surface area contributed by atoms with Gasteiger partial charge in [-0.05, 0) is 28.8 Å². The predicted molar refractivity (Wildman–Crippen MR) is 81.8 cm³/mol. The molecule has 17 heavy (non-hydrogen) atoms. The van der Waals surface area contributed by atoms with Crippen molar-refractivity contribution in [1.82, 2.24) is 9.97 Å². The fourth-order valence-electron chi connectivity index (χ4n) is 1.49. The van der Waals surface area contributed by atoms with Crippen LogP contribution in [0.5, 0.6) is 0 Å². The summed E-state index contributed by atoms with van der Waals surface area (Å²) in [5.74, 6) is 2.12. The smallest absolute Gasteiger partial charge is 0.141 e. The topological polar surface area (TPSA) is 51.8 Å². The number of anilines is 1. The van der Waals surface area contributed by atoms with E-state index in [0.29, 0.717) is 5.82 Å². The molecule has 0 saturated carbocycles. The van der Waals surface area contributed by atoms with Gasteiger partial charge in [-0.3, -0.25) is 0 Å². The fourth-order valence-corrected chi connectivity index (χ4v) is 2.43. The highest BCUT2D eigenvalue weighted by Crippen LogP contribution is 2.26. The van der Waals surface area contributed by atoms with Gasteiger partial charge in [0.05, 0.1) is 15.0 Å². The Morgan fingerprint density at radius 1 is 1.24 bits per heavy atom. The van der Waals surface area contributed by atoms with Gasteiger partial charge in [0, 0.05) is 5.56 Å². The van der Waals surface area contributed by atoms with Crippen LogP contribution in [0, 0.1) is 3.57 Å². The molecule has 0 aliphatic rings. The van der Waals surface area contributed by atoms with Crippen molar-refractivity contribution in [1.29, 1.82) is 0 Å². The summed E-state index contributed by atoms with van der Waals surface area (Å²) < 4.78 is 0.915. The number of aromatic nitrogens is 2. The Kier molecular flexibility index (Phi) is 4.22. The number of halogens is 1. The van der Waals surface area contributed by atoms with Gasteiger partial charge in [0.1, 0.15) is 11.6 Å². The summed E-state index contributed by atoms with van der Waals surface area (Å²) in [5.41, 5.74) is 7.92. The van der Waals surface area contributed by atoms with E-state index >= 15 is 0 Å². The van der Waals surface area contributed by atoms with Crippen molar-refractivity contribution in [2.24, 2.45) is 0 Å². The number of thioether (sulfide) groups is 1. The molecule has 2 aromatic rings. The first-order chi connectivity index (χ1) is 8.22. The quantitative estimate of drug-likeness (QED) is 0.858. The molecule has 3 nitrogen and oxygen atoms in total. The molecule has 1 aromatic carbocycles. The molecule has 0 fully saturated rings. The van der Waals surface area contributed by atoms with Crippen LogP contribution >= 0.6 is 34.4 Å². The maximum absolute atomic E-state index is 5.92. The minimum absolute atomic E-state index is 0.559. The van der Waals surface area contributed by atoms with Crippen LogP contribution in [0.3, 0.4) is 0 Å². The lowest BCUT2D eigenvalue weighted by molar-refractivity contribution is 1.04. The van der Waals surface area contributed by atoms with Gasteiger partial charge in [0.15, 0.2) is 0 Å². The minimum atomic E-state index is 0.559. The second-order valence-electron chi connectivity index (χ2n) is 3.49. The van der Waals surface area contributed by atoms with Gasteiger partial charge in [0.2, 0.25) is 0 Å². The molecule has 1 heterocycles. The molecule has 0 aliphatic heterocycles. The van der Waals surface area contributed by atoms with Crippen molar-refractivity contribution >= 4 is 40.2 Å². The second-order valence-corrected chi connectivity index (χ2v) is 5.43. The molecular formula is C12H12IN3S. The lowest BCUT2D eigenvalue weighted by Crippen LogP contribution is -2.04. The molecule has 2 rings (SSSR count). The number of nitrogens with two attached hydrogens (primary N) is 1. The molecular weight excluding hydrogens is 345 g/mol. The lowest BCUT2D eigenvalue weighted by Gasteiger charge is -2.08. The number of nitrogen functional groups attached to an aromatic ring is 1. The Hall–Kier alpha value is -0.820. The number of rotatable bonds is 3. The molecule has 0 radical (unpaired) electrons. The van der Waals surface area contributed by atoms with Crippen LogP contribution in [0.1, 0.15) is 5.82 Å². The molecule has 1 aromatic heterocycles. The van der Waals surface area contributed by atoms with E-state index in [4.69, 9.17) is 5.73 Å². The fraction of sp³-hybridized carbons (Fsp3) is 0.167. The van der Waals surface area contributed by atoms with Crippen molar-refractivity contribution in [2.75, 3.05) is 12.0 Å². The Morgan fingerprint density at radius 3 is 2.59 bits per heavy atom. The van der Waals surface area contributed by atoms with Gasteiger partial charge in [-0.2, -0.15) is 11.8 Å². The van der Waals surface area contributed by atoms with E-state index in [2.05, 4.69) is 32.6 Å². The average molecular weight is 357 g/mol. The molecule has 0 aliphatic carbocycles. The molecule has 0 spiro atoms. The van der Waals surface area contributed by atoms with Gasteiger partial charge < -0.3 is 5.73 Å². The van der Waals surface area contributed by atoms with Crippen molar-refractivity contribution in [3.05, 3.63) is 39.7 Å². The summed E-state index contributed by atoms with van der Waals surface area (Å²) >= 11 is 3.89. The van der Waals surface area contributed by atoms with E-state index in [9.17, 15) is 0 Å². The van der Waals surface area contributed by atoms with Crippen LogP contribution in [0.25, 0.3) is 11.3 Å². The summed E-state index contributed by atoms with van der Waals surface area (Å²) in [6.45, 7) is 0. The third-order valence-electron chi connectivity index (χ3n) is 2.24. The Balaban J connectivity index is 2.53. The first-order valence-corrected chi connectivity index (χ1v) is 7.56. The standard InChI is InChI=1S/C12H12IN3S/c1-17-7-9-15-11(10(13)12(14)16-9)8-5-3-2-4-6-8/h2-6H,7H2,1H3,(H2,14,15,16). The van der Waals surface area contributed by atoms with Crippen LogP contribution in [-0.4, -0.2) is 16.2 Å². The average Bonchev–Trinajstić information content (AvgIpc) is 2.35. The normalized spacial score (nSPS) is 10.5. The van der Waals surface area contributed by atoms with Gasteiger partial charge in [-0.15, -0.1) is 0 Å². The first-order valence-electron chi connectivity index (χ1n) is 5.08. The van der Waals surface area contributed by atoms with E-state index in [1.54, 1.807) is 11.8 Å². The zero-order chi connectivity index (χ0) is 12.3. The highest BCUT2D eigenvalue weighted by Gasteiger charge is 2.11. The minimum Gasteiger partial charge on any atom is -0.383 e. The second kappa shape index (κ2) is 5.68. The Bertz CT molecular complexity index is 517. The molecule has 0 saturated heterocycles. The van der Waals surface area contributed by atoms with Crippen molar-refractivity contribution in [2.45, 2.75) is 5.75 Å². The van der Waals surface area contributed by atoms with E-state index < -0.39 is 0 Å². The lowest BCUT2D eigenvalue weighted by atomic mass is 10.1. The zero-order valence-electron chi connectivity index (χ0n) is 9.35. The highest BCUT2D eigenvalue weighted by molar-refractivity contribution is 14.1. The Labute approximate surface area is 118 Å². The molecule has 2 N–H and O–H groups in total. The number of nitrogens with zero attached hydrogens (tertiary/aromatic N) is 2. The molecule has 0 unspecified atom stereocenters. The number of hydrogen-bond acceptors (Lipinski definition) is 4. The molecule has 0 atom stereocenters. The first kappa shape index (κ1) is 12.6. The van der Waals surface area contributed by atoms with Crippen LogP contribution in [-0.2, 0) is 5.75 Å². The summed E-state index contributed by atoms with van der Waals surface area (Å²) in [5, 5.41) is 0. The SMILES string of the molecule is CSCc1nc(N)c(I)c(-c2ccccc2)n1. The van der Waals surface area contributed by atoms with Crippen molar-refractivity contribution in [3.8, 4) is 11.3 Å². The summed E-state index contributed by atoms with van der Waals surface area (Å²) in [4.78, 5) is 8.86. The van der Waals surface area contributed by atoms with Gasteiger partial charge in [-0.1, -0.05) is 30.3 Å². The van der Waals surface area contributed by atoms with Crippen LogP contribution in [0.4, 0.5) is 5.82 Å². The van der Waals surface area contributed by atoms with E-state index in [0.717, 1.165) is 26.4 Å². The van der Waals surface area contributed by atoms with E-state index in [1.165, 1.54) is 0 Å². The predicted octanol–water partition coefficient (Wildman–Crippen LogP) is 3.19. The molecule has 88 valence electrons.